The number of ether oxygens (including phenoxy) is 1. The van der Waals surface area contributed by atoms with Crippen LogP contribution < -0.4 is 0 Å². The van der Waals surface area contributed by atoms with E-state index in [4.69, 9.17) is 4.74 Å². The molecular weight excluding hydrogens is 276 g/mol. The van der Waals surface area contributed by atoms with Gasteiger partial charge in [-0.1, -0.05) is 13.8 Å². The number of rotatable bonds is 5. The van der Waals surface area contributed by atoms with Gasteiger partial charge in [-0.3, -0.25) is 9.58 Å². The van der Waals surface area contributed by atoms with Gasteiger partial charge < -0.3 is 4.74 Å². The molecule has 0 N–H and O–H groups in total. The van der Waals surface area contributed by atoms with Gasteiger partial charge in [0.15, 0.2) is 0 Å². The molecule has 0 radical (unpaired) electrons. The molecule has 3 rings (SSSR count). The van der Waals surface area contributed by atoms with E-state index < -0.39 is 0 Å². The van der Waals surface area contributed by atoms with Gasteiger partial charge in [-0.15, -0.1) is 0 Å². The Kier molecular flexibility index (Phi) is 4.51. The van der Waals surface area contributed by atoms with Gasteiger partial charge in [0.1, 0.15) is 5.54 Å². The van der Waals surface area contributed by atoms with Crippen LogP contribution in [-0.2, 0) is 10.3 Å². The highest BCUT2D eigenvalue weighted by atomic mass is 16.5. The summed E-state index contributed by atoms with van der Waals surface area (Å²) in [4.78, 5) is 2.48. The third-order valence-corrected chi connectivity index (χ3v) is 5.06. The summed E-state index contributed by atoms with van der Waals surface area (Å²) < 4.78 is 7.48. The molecule has 0 aliphatic carbocycles. The van der Waals surface area contributed by atoms with Crippen molar-refractivity contribution in [3.05, 3.63) is 18.0 Å². The molecule has 2 saturated heterocycles. The topological polar surface area (TPSA) is 54.1 Å². The van der Waals surface area contributed by atoms with Crippen LogP contribution in [0.3, 0.4) is 0 Å². The number of hydrogen-bond donors (Lipinski definition) is 0. The van der Waals surface area contributed by atoms with E-state index in [1.165, 1.54) is 18.4 Å². The summed E-state index contributed by atoms with van der Waals surface area (Å²) in [6.07, 6.45) is 6.96. The van der Waals surface area contributed by atoms with Crippen LogP contribution in [0.5, 0.6) is 0 Å². The van der Waals surface area contributed by atoms with Crippen LogP contribution in [0.4, 0.5) is 0 Å². The van der Waals surface area contributed by atoms with Gasteiger partial charge >= 0.3 is 0 Å². The lowest BCUT2D eigenvalue weighted by Crippen LogP contribution is -2.63. The van der Waals surface area contributed by atoms with Gasteiger partial charge in [-0.05, 0) is 30.2 Å². The van der Waals surface area contributed by atoms with E-state index in [2.05, 4.69) is 36.1 Å². The zero-order valence-electron chi connectivity index (χ0n) is 13.7. The maximum Gasteiger partial charge on any atom is 0.101 e. The highest BCUT2D eigenvalue weighted by Crippen LogP contribution is 2.34. The van der Waals surface area contributed by atoms with Crippen molar-refractivity contribution in [1.82, 2.24) is 14.7 Å². The van der Waals surface area contributed by atoms with E-state index in [0.717, 1.165) is 38.8 Å². The fourth-order valence-electron chi connectivity index (χ4n) is 3.59. The molecule has 120 valence electrons. The molecule has 0 bridgehead atoms. The second-order valence-corrected chi connectivity index (χ2v) is 7.16. The van der Waals surface area contributed by atoms with Crippen molar-refractivity contribution in [2.45, 2.75) is 44.6 Å². The maximum absolute atomic E-state index is 9.23. The first-order chi connectivity index (χ1) is 10.6. The monoisotopic (exact) mass is 302 g/mol. The molecule has 3 heterocycles. The standard InChI is InChI=1S/C17H26N4O/c1-14(2)16-9-19-21(11-16)17(5-6-18)12-20(13-17)10-15-3-7-22-8-4-15/h9,11,14-15H,3-5,7-8,10,12-13H2,1-2H3. The molecule has 0 amide bonds. The van der Waals surface area contributed by atoms with E-state index in [9.17, 15) is 5.26 Å². The van der Waals surface area contributed by atoms with Crippen molar-refractivity contribution >= 4 is 0 Å². The summed E-state index contributed by atoms with van der Waals surface area (Å²) in [5, 5.41) is 13.8. The van der Waals surface area contributed by atoms with Crippen molar-refractivity contribution < 1.29 is 4.74 Å². The van der Waals surface area contributed by atoms with Crippen molar-refractivity contribution in [2.75, 3.05) is 32.8 Å². The van der Waals surface area contributed by atoms with Crippen molar-refractivity contribution in [1.29, 1.82) is 5.26 Å². The van der Waals surface area contributed by atoms with E-state index in [0.29, 0.717) is 12.3 Å². The predicted molar refractivity (Wildman–Crippen MR) is 84.5 cm³/mol. The highest BCUT2D eigenvalue weighted by molar-refractivity contribution is 5.14. The summed E-state index contributed by atoms with van der Waals surface area (Å²) >= 11 is 0. The SMILES string of the molecule is CC(C)c1cnn(C2(CC#N)CN(CC3CCOCC3)C2)c1. The first-order valence-corrected chi connectivity index (χ1v) is 8.35. The quantitative estimate of drug-likeness (QED) is 0.838. The third-order valence-electron chi connectivity index (χ3n) is 5.06. The summed E-state index contributed by atoms with van der Waals surface area (Å²) in [6, 6.07) is 2.36. The van der Waals surface area contributed by atoms with Gasteiger partial charge in [0.2, 0.25) is 0 Å². The molecule has 2 fully saturated rings. The van der Waals surface area contributed by atoms with Crippen LogP contribution >= 0.6 is 0 Å². The van der Waals surface area contributed by atoms with Gasteiger partial charge in [0.25, 0.3) is 0 Å². The summed E-state index contributed by atoms with van der Waals surface area (Å²) in [6.45, 7) is 9.17. The largest absolute Gasteiger partial charge is 0.381 e. The lowest BCUT2D eigenvalue weighted by molar-refractivity contribution is -0.0225. The number of likely N-dealkylation sites (tertiary alicyclic amines) is 1. The number of hydrogen-bond acceptors (Lipinski definition) is 4. The van der Waals surface area contributed by atoms with Gasteiger partial charge in [0.05, 0.1) is 18.7 Å². The summed E-state index contributed by atoms with van der Waals surface area (Å²) in [5.74, 6) is 1.23. The van der Waals surface area contributed by atoms with Crippen LogP contribution in [0.15, 0.2) is 12.4 Å². The van der Waals surface area contributed by atoms with Crippen LogP contribution in [0, 0.1) is 17.2 Å². The Hall–Kier alpha value is -1.38. The highest BCUT2D eigenvalue weighted by Gasteiger charge is 2.45. The predicted octanol–water partition coefficient (Wildman–Crippen LogP) is 2.36. The average Bonchev–Trinajstić information content (AvgIpc) is 2.96. The minimum absolute atomic E-state index is 0.118. The number of nitriles is 1. The van der Waals surface area contributed by atoms with Gasteiger partial charge in [-0.25, -0.2) is 0 Å². The zero-order chi connectivity index (χ0) is 15.6. The smallest absolute Gasteiger partial charge is 0.101 e. The average molecular weight is 302 g/mol. The van der Waals surface area contributed by atoms with E-state index >= 15 is 0 Å². The zero-order valence-corrected chi connectivity index (χ0v) is 13.7. The van der Waals surface area contributed by atoms with E-state index in [1.807, 2.05) is 10.9 Å². The minimum Gasteiger partial charge on any atom is -0.381 e. The van der Waals surface area contributed by atoms with E-state index in [1.54, 1.807) is 0 Å². The Bertz CT molecular complexity index is 533. The molecule has 2 aliphatic rings. The van der Waals surface area contributed by atoms with Crippen molar-refractivity contribution in [2.24, 2.45) is 5.92 Å². The molecule has 5 heteroatoms. The molecule has 22 heavy (non-hydrogen) atoms. The summed E-state index contributed by atoms with van der Waals surface area (Å²) in [7, 11) is 0. The Labute approximate surface area is 132 Å². The minimum atomic E-state index is -0.118. The molecule has 0 saturated carbocycles. The van der Waals surface area contributed by atoms with Gasteiger partial charge in [0, 0.05) is 39.0 Å². The number of aromatic nitrogens is 2. The van der Waals surface area contributed by atoms with Crippen LogP contribution in [0.25, 0.3) is 0 Å². The van der Waals surface area contributed by atoms with Crippen LogP contribution in [0.2, 0.25) is 0 Å². The second-order valence-electron chi connectivity index (χ2n) is 7.16. The Morgan fingerprint density at radius 3 is 2.73 bits per heavy atom. The first-order valence-electron chi connectivity index (χ1n) is 8.35. The molecule has 0 unspecified atom stereocenters. The Balaban J connectivity index is 1.63. The molecule has 1 aromatic rings. The van der Waals surface area contributed by atoms with Crippen LogP contribution in [-0.4, -0.2) is 47.5 Å². The maximum atomic E-state index is 9.23. The molecule has 5 nitrogen and oxygen atoms in total. The van der Waals surface area contributed by atoms with Gasteiger partial charge in [-0.2, -0.15) is 10.4 Å². The van der Waals surface area contributed by atoms with Crippen molar-refractivity contribution in [3.8, 4) is 6.07 Å². The third kappa shape index (κ3) is 3.04. The molecule has 2 aliphatic heterocycles. The Morgan fingerprint density at radius 2 is 2.14 bits per heavy atom. The van der Waals surface area contributed by atoms with Crippen molar-refractivity contribution in [3.63, 3.8) is 0 Å². The molecule has 0 spiro atoms. The molecular formula is C17H26N4O. The van der Waals surface area contributed by atoms with Crippen LogP contribution in [0.1, 0.15) is 44.6 Å². The molecule has 0 atom stereocenters. The lowest BCUT2D eigenvalue weighted by atomic mass is 9.85. The molecule has 0 aromatic carbocycles. The normalized spacial score (nSPS) is 22.5. The van der Waals surface area contributed by atoms with E-state index in [-0.39, 0.29) is 5.54 Å². The number of nitrogens with zero attached hydrogens (tertiary/aromatic N) is 4. The fourth-order valence-corrected chi connectivity index (χ4v) is 3.59. The molecule has 1 aromatic heterocycles. The first kappa shape index (κ1) is 15.5. The Morgan fingerprint density at radius 1 is 1.41 bits per heavy atom. The lowest BCUT2D eigenvalue weighted by Gasteiger charge is -2.50. The summed E-state index contributed by atoms with van der Waals surface area (Å²) in [5.41, 5.74) is 1.13. The second kappa shape index (κ2) is 6.39. The fraction of sp³-hybridized carbons (Fsp3) is 0.765.